The number of ether oxygens (including phenoxy) is 1. The molecule has 0 saturated heterocycles. The molecule has 4 aromatic carbocycles. The molecular formula is C32H33FO. The van der Waals surface area contributed by atoms with E-state index in [4.69, 9.17) is 4.74 Å². The maximum Gasteiger partial charge on any atom is 0.138 e. The summed E-state index contributed by atoms with van der Waals surface area (Å²) in [6, 6.07) is 26.2. The van der Waals surface area contributed by atoms with Crippen LogP contribution in [0, 0.1) is 5.82 Å². The highest BCUT2D eigenvalue weighted by molar-refractivity contribution is 5.91. The molecule has 0 radical (unpaired) electrons. The highest BCUT2D eigenvalue weighted by Gasteiger charge is 2.11. The molecule has 0 aliphatic rings. The number of rotatable bonds is 11. The molecule has 0 fully saturated rings. The van der Waals surface area contributed by atoms with Crippen LogP contribution in [0.25, 0.3) is 33.0 Å². The van der Waals surface area contributed by atoms with Crippen molar-refractivity contribution in [3.05, 3.63) is 103 Å². The van der Waals surface area contributed by atoms with Gasteiger partial charge in [-0.15, -0.1) is 0 Å². The number of hydrogen-bond donors (Lipinski definition) is 0. The maximum absolute atomic E-state index is 15.4. The van der Waals surface area contributed by atoms with Gasteiger partial charge in [0.2, 0.25) is 0 Å². The van der Waals surface area contributed by atoms with Gasteiger partial charge in [0.25, 0.3) is 0 Å². The van der Waals surface area contributed by atoms with Crippen molar-refractivity contribution < 1.29 is 9.13 Å². The van der Waals surface area contributed by atoms with Crippen molar-refractivity contribution in [2.75, 3.05) is 6.61 Å². The predicted molar refractivity (Wildman–Crippen MR) is 143 cm³/mol. The molecule has 0 aliphatic carbocycles. The molecule has 0 heterocycles. The molecule has 0 atom stereocenters. The fraction of sp³-hybridized carbons (Fsp3) is 0.250. The molecular weight excluding hydrogens is 419 g/mol. The average Bonchev–Trinajstić information content (AvgIpc) is 2.88. The van der Waals surface area contributed by atoms with Gasteiger partial charge in [-0.3, -0.25) is 0 Å². The zero-order valence-corrected chi connectivity index (χ0v) is 20.0. The number of unbranched alkanes of at least 4 members (excludes halogenated alkanes) is 4. The van der Waals surface area contributed by atoms with E-state index in [9.17, 15) is 0 Å². The Morgan fingerprint density at radius 1 is 0.765 bits per heavy atom. The fourth-order valence-electron chi connectivity index (χ4n) is 4.38. The minimum Gasteiger partial charge on any atom is -0.490 e. The van der Waals surface area contributed by atoms with Crippen LogP contribution in [0.3, 0.4) is 0 Å². The monoisotopic (exact) mass is 452 g/mol. The summed E-state index contributed by atoms with van der Waals surface area (Å²) >= 11 is 0. The van der Waals surface area contributed by atoms with Crippen LogP contribution in [0.2, 0.25) is 0 Å². The second-order valence-electron chi connectivity index (χ2n) is 8.85. The number of hydrogen-bond acceptors (Lipinski definition) is 1. The van der Waals surface area contributed by atoms with E-state index < -0.39 is 0 Å². The van der Waals surface area contributed by atoms with Gasteiger partial charge in [-0.2, -0.15) is 0 Å². The normalized spacial score (nSPS) is 11.0. The van der Waals surface area contributed by atoms with Crippen LogP contribution >= 0.6 is 0 Å². The Balaban J connectivity index is 1.50. The first-order valence-electron chi connectivity index (χ1n) is 12.4. The first kappa shape index (κ1) is 23.8. The summed E-state index contributed by atoms with van der Waals surface area (Å²) in [4.78, 5) is 0. The molecule has 0 aliphatic heterocycles. The number of benzene rings is 4. The van der Waals surface area contributed by atoms with Gasteiger partial charge in [0.1, 0.15) is 18.2 Å². The molecule has 0 bridgehead atoms. The predicted octanol–water partition coefficient (Wildman–Crippen LogP) is 9.39. The zero-order valence-electron chi connectivity index (χ0n) is 20.0. The first-order valence-corrected chi connectivity index (χ1v) is 12.4. The molecule has 0 saturated carbocycles. The number of fused-ring (bicyclic) bond motifs is 1. The standard InChI is InChI=1S/C32H33FO/c1-3-5-6-7-8-9-24-10-12-25(13-11-24)27-16-20-31-28(23-27)17-21-30(32(31)33)26-14-18-29(19-15-26)34-22-4-2/h4,10-21,23H,2-3,5-9,22H2,1H3. The maximum atomic E-state index is 15.4. The largest absolute Gasteiger partial charge is 0.490 e. The molecule has 0 aromatic heterocycles. The lowest BCUT2D eigenvalue weighted by atomic mass is 9.96. The van der Waals surface area contributed by atoms with Crippen molar-refractivity contribution >= 4 is 10.8 Å². The molecule has 4 rings (SSSR count). The van der Waals surface area contributed by atoms with E-state index in [1.807, 2.05) is 48.5 Å². The van der Waals surface area contributed by atoms with E-state index in [0.29, 0.717) is 17.6 Å². The second kappa shape index (κ2) is 11.7. The molecule has 0 amide bonds. The highest BCUT2D eigenvalue weighted by atomic mass is 19.1. The van der Waals surface area contributed by atoms with Crippen LogP contribution in [0.4, 0.5) is 4.39 Å². The molecule has 0 N–H and O–H groups in total. The topological polar surface area (TPSA) is 9.23 Å². The van der Waals surface area contributed by atoms with Gasteiger partial charge in [0.15, 0.2) is 0 Å². The van der Waals surface area contributed by atoms with E-state index in [-0.39, 0.29) is 5.82 Å². The van der Waals surface area contributed by atoms with Gasteiger partial charge in [-0.05, 0) is 58.7 Å². The van der Waals surface area contributed by atoms with E-state index >= 15 is 4.39 Å². The van der Waals surface area contributed by atoms with Crippen molar-refractivity contribution in [3.8, 4) is 28.0 Å². The van der Waals surface area contributed by atoms with Gasteiger partial charge < -0.3 is 4.74 Å². The van der Waals surface area contributed by atoms with Crippen LogP contribution in [0.15, 0.2) is 91.5 Å². The smallest absolute Gasteiger partial charge is 0.138 e. The SMILES string of the molecule is C=CCOc1ccc(-c2ccc3cc(-c4ccc(CCCCCCC)cc4)ccc3c2F)cc1. The molecule has 34 heavy (non-hydrogen) atoms. The van der Waals surface area contributed by atoms with Crippen molar-refractivity contribution in [2.24, 2.45) is 0 Å². The van der Waals surface area contributed by atoms with E-state index in [1.54, 1.807) is 6.08 Å². The quantitative estimate of drug-likeness (QED) is 0.163. The Kier molecular flexibility index (Phi) is 8.14. The third-order valence-electron chi connectivity index (χ3n) is 6.34. The number of aryl methyl sites for hydroxylation is 1. The first-order chi connectivity index (χ1) is 16.7. The fourth-order valence-corrected chi connectivity index (χ4v) is 4.38. The Morgan fingerprint density at radius 2 is 1.47 bits per heavy atom. The molecule has 174 valence electrons. The van der Waals surface area contributed by atoms with Crippen LogP contribution in [0.1, 0.15) is 44.6 Å². The Morgan fingerprint density at radius 3 is 2.21 bits per heavy atom. The third-order valence-corrected chi connectivity index (χ3v) is 6.34. The minimum atomic E-state index is -0.192. The van der Waals surface area contributed by atoms with Crippen LogP contribution < -0.4 is 4.74 Å². The van der Waals surface area contributed by atoms with Gasteiger partial charge in [0.05, 0.1) is 0 Å². The van der Waals surface area contributed by atoms with Crippen molar-refractivity contribution in [1.82, 2.24) is 0 Å². The molecule has 2 heteroatoms. The van der Waals surface area contributed by atoms with Crippen LogP contribution in [0.5, 0.6) is 5.75 Å². The van der Waals surface area contributed by atoms with Crippen molar-refractivity contribution in [1.29, 1.82) is 0 Å². The number of halogens is 1. The lowest BCUT2D eigenvalue weighted by Crippen LogP contribution is -1.93. The summed E-state index contributed by atoms with van der Waals surface area (Å²) in [5.41, 5.74) is 5.09. The van der Waals surface area contributed by atoms with Crippen molar-refractivity contribution in [3.63, 3.8) is 0 Å². The van der Waals surface area contributed by atoms with Crippen LogP contribution in [-0.2, 0) is 6.42 Å². The Bertz CT molecular complexity index is 1220. The molecule has 1 nitrogen and oxygen atoms in total. The van der Waals surface area contributed by atoms with Crippen LogP contribution in [-0.4, -0.2) is 6.61 Å². The van der Waals surface area contributed by atoms with Gasteiger partial charge in [0, 0.05) is 10.9 Å². The van der Waals surface area contributed by atoms with E-state index in [1.165, 1.54) is 37.7 Å². The average molecular weight is 453 g/mol. The zero-order chi connectivity index (χ0) is 23.8. The third kappa shape index (κ3) is 5.75. The molecule has 0 spiro atoms. The second-order valence-corrected chi connectivity index (χ2v) is 8.85. The summed E-state index contributed by atoms with van der Waals surface area (Å²) in [5.74, 6) is 0.555. The Hall–Kier alpha value is -3.39. The van der Waals surface area contributed by atoms with Gasteiger partial charge in [-0.25, -0.2) is 4.39 Å². The van der Waals surface area contributed by atoms with E-state index in [2.05, 4.69) is 43.8 Å². The lowest BCUT2D eigenvalue weighted by molar-refractivity contribution is 0.363. The van der Waals surface area contributed by atoms with Crippen molar-refractivity contribution in [2.45, 2.75) is 45.4 Å². The minimum absolute atomic E-state index is 0.192. The summed E-state index contributed by atoms with van der Waals surface area (Å²) in [5, 5.41) is 1.54. The Labute approximate surface area is 202 Å². The highest BCUT2D eigenvalue weighted by Crippen LogP contribution is 2.32. The molecule has 4 aromatic rings. The van der Waals surface area contributed by atoms with Gasteiger partial charge >= 0.3 is 0 Å². The van der Waals surface area contributed by atoms with Gasteiger partial charge in [-0.1, -0.05) is 106 Å². The molecule has 0 unspecified atom stereocenters. The lowest BCUT2D eigenvalue weighted by Gasteiger charge is -2.10. The summed E-state index contributed by atoms with van der Waals surface area (Å²) in [7, 11) is 0. The summed E-state index contributed by atoms with van der Waals surface area (Å²) in [6.45, 7) is 6.36. The summed E-state index contributed by atoms with van der Waals surface area (Å²) < 4.78 is 20.9. The van der Waals surface area contributed by atoms with E-state index in [0.717, 1.165) is 34.2 Å². The summed E-state index contributed by atoms with van der Waals surface area (Å²) in [6.07, 6.45) is 9.35.